The summed E-state index contributed by atoms with van der Waals surface area (Å²) in [4.78, 5) is 14.4. The number of aliphatic imine (C=N–C) groups is 1. The molecule has 2 rings (SSSR count). The van der Waals surface area contributed by atoms with Crippen LogP contribution in [0, 0.1) is 0 Å². The van der Waals surface area contributed by atoms with Crippen molar-refractivity contribution >= 4 is 28.6 Å². The third-order valence-corrected chi connectivity index (χ3v) is 5.10. The summed E-state index contributed by atoms with van der Waals surface area (Å²) in [6.07, 6.45) is 3.97. The maximum Gasteiger partial charge on any atom is 0.191 e. The van der Waals surface area contributed by atoms with Gasteiger partial charge in [-0.2, -0.15) is 0 Å². The van der Waals surface area contributed by atoms with Gasteiger partial charge in [-0.1, -0.05) is 13.8 Å². The van der Waals surface area contributed by atoms with Crippen molar-refractivity contribution in [2.75, 3.05) is 7.05 Å². The molecule has 0 aliphatic carbocycles. The minimum absolute atomic E-state index is 0.689. The molecule has 114 valence electrons. The Morgan fingerprint density at radius 3 is 2.62 bits per heavy atom. The molecule has 0 spiro atoms. The van der Waals surface area contributed by atoms with Gasteiger partial charge in [0.25, 0.3) is 0 Å². The van der Waals surface area contributed by atoms with Gasteiger partial charge >= 0.3 is 0 Å². The Morgan fingerprint density at radius 1 is 1.19 bits per heavy atom. The normalized spacial score (nSPS) is 11.7. The zero-order valence-electron chi connectivity index (χ0n) is 12.6. The van der Waals surface area contributed by atoms with Crippen LogP contribution in [0.25, 0.3) is 0 Å². The predicted octanol–water partition coefficient (Wildman–Crippen LogP) is 2.59. The quantitative estimate of drug-likeness (QED) is 0.633. The molecule has 0 bridgehead atoms. The topological polar surface area (TPSA) is 62.2 Å². The lowest BCUT2D eigenvalue weighted by Gasteiger charge is -2.09. The first kappa shape index (κ1) is 15.9. The van der Waals surface area contributed by atoms with Crippen molar-refractivity contribution in [2.24, 2.45) is 4.99 Å². The second-order valence-electron chi connectivity index (χ2n) is 4.44. The van der Waals surface area contributed by atoms with E-state index in [1.807, 2.05) is 6.20 Å². The van der Waals surface area contributed by atoms with Crippen LogP contribution in [0.3, 0.4) is 0 Å². The van der Waals surface area contributed by atoms with Crippen LogP contribution >= 0.6 is 22.7 Å². The molecule has 0 unspecified atom stereocenters. The smallest absolute Gasteiger partial charge is 0.191 e. The standard InChI is InChI=1S/C14H21N5S2/c1-4-11-7-16-13(21-11)8-18-14(15-3)17-6-10-9-20-12(5-2)19-10/h7,9H,4-6,8H2,1-3H3,(H2,15,17,18). The molecule has 2 heterocycles. The first-order valence-electron chi connectivity index (χ1n) is 7.06. The number of rotatable bonds is 6. The summed E-state index contributed by atoms with van der Waals surface area (Å²) in [6, 6.07) is 0. The molecule has 2 N–H and O–H groups in total. The summed E-state index contributed by atoms with van der Waals surface area (Å²) >= 11 is 3.44. The van der Waals surface area contributed by atoms with Gasteiger partial charge in [-0.05, 0) is 12.8 Å². The minimum atomic E-state index is 0.689. The molecule has 7 heteroatoms. The molecule has 0 saturated carbocycles. The number of aryl methyl sites for hydroxylation is 2. The zero-order chi connectivity index (χ0) is 15.1. The van der Waals surface area contributed by atoms with E-state index in [4.69, 9.17) is 0 Å². The van der Waals surface area contributed by atoms with Crippen LogP contribution in [0.2, 0.25) is 0 Å². The Balaban J connectivity index is 1.80. The molecule has 0 saturated heterocycles. The number of hydrogen-bond donors (Lipinski definition) is 2. The summed E-state index contributed by atoms with van der Waals surface area (Å²) in [6.45, 7) is 5.65. The Hall–Kier alpha value is -1.47. The molecule has 0 fully saturated rings. The SMILES string of the molecule is CCc1cnc(CNC(=NC)NCc2csc(CC)n2)s1. The molecule has 0 aromatic carbocycles. The lowest BCUT2D eigenvalue weighted by Crippen LogP contribution is -2.36. The number of hydrogen-bond acceptors (Lipinski definition) is 5. The van der Waals surface area contributed by atoms with E-state index in [1.165, 1.54) is 9.88 Å². The summed E-state index contributed by atoms with van der Waals surface area (Å²) in [5.41, 5.74) is 1.06. The highest BCUT2D eigenvalue weighted by molar-refractivity contribution is 7.11. The molecule has 0 radical (unpaired) electrons. The molecule has 2 aromatic rings. The van der Waals surface area contributed by atoms with Gasteiger partial charge in [-0.3, -0.25) is 4.99 Å². The lowest BCUT2D eigenvalue weighted by atomic mass is 10.4. The van der Waals surface area contributed by atoms with Crippen molar-refractivity contribution in [2.45, 2.75) is 39.8 Å². The van der Waals surface area contributed by atoms with E-state index >= 15 is 0 Å². The van der Waals surface area contributed by atoms with Gasteiger partial charge < -0.3 is 10.6 Å². The first-order valence-corrected chi connectivity index (χ1v) is 8.76. The first-order chi connectivity index (χ1) is 10.2. The van der Waals surface area contributed by atoms with Gasteiger partial charge in [-0.15, -0.1) is 22.7 Å². The van der Waals surface area contributed by atoms with Crippen LogP contribution in [0.15, 0.2) is 16.6 Å². The van der Waals surface area contributed by atoms with Crippen molar-refractivity contribution in [3.05, 3.63) is 32.2 Å². The van der Waals surface area contributed by atoms with E-state index in [9.17, 15) is 0 Å². The number of nitrogens with one attached hydrogen (secondary N) is 2. The summed E-state index contributed by atoms with van der Waals surface area (Å²) in [7, 11) is 1.77. The zero-order valence-corrected chi connectivity index (χ0v) is 14.3. The van der Waals surface area contributed by atoms with Crippen molar-refractivity contribution < 1.29 is 0 Å². The number of aromatic nitrogens is 2. The lowest BCUT2D eigenvalue weighted by molar-refractivity contribution is 0.792. The fourth-order valence-electron chi connectivity index (χ4n) is 1.74. The average Bonchev–Trinajstić information content (AvgIpc) is 3.16. The van der Waals surface area contributed by atoms with Crippen LogP contribution in [-0.4, -0.2) is 23.0 Å². The molecular weight excluding hydrogens is 302 g/mol. The van der Waals surface area contributed by atoms with Gasteiger partial charge in [0, 0.05) is 23.5 Å². The predicted molar refractivity (Wildman–Crippen MR) is 90.0 cm³/mol. The van der Waals surface area contributed by atoms with E-state index in [0.717, 1.165) is 29.5 Å². The second-order valence-corrected chi connectivity index (χ2v) is 6.58. The van der Waals surface area contributed by atoms with Crippen LogP contribution in [-0.2, 0) is 25.9 Å². The number of nitrogens with zero attached hydrogens (tertiary/aromatic N) is 3. The maximum absolute atomic E-state index is 4.53. The molecule has 21 heavy (non-hydrogen) atoms. The Morgan fingerprint density at radius 2 is 2.00 bits per heavy atom. The van der Waals surface area contributed by atoms with Crippen molar-refractivity contribution in [3.8, 4) is 0 Å². The van der Waals surface area contributed by atoms with E-state index in [-0.39, 0.29) is 0 Å². The Kier molecular flexibility index (Phi) is 6.13. The van der Waals surface area contributed by atoms with Crippen LogP contribution in [0.1, 0.15) is 34.4 Å². The molecule has 0 aliphatic heterocycles. The van der Waals surface area contributed by atoms with Crippen LogP contribution < -0.4 is 10.6 Å². The third kappa shape index (κ3) is 4.78. The van der Waals surface area contributed by atoms with Gasteiger partial charge in [0.05, 0.1) is 23.8 Å². The fraction of sp³-hybridized carbons (Fsp3) is 0.500. The summed E-state index contributed by atoms with van der Waals surface area (Å²) in [5.74, 6) is 0.772. The molecule has 2 aromatic heterocycles. The van der Waals surface area contributed by atoms with Gasteiger partial charge in [0.15, 0.2) is 5.96 Å². The average molecular weight is 323 g/mol. The summed E-state index contributed by atoms with van der Waals surface area (Å²) in [5, 5.41) is 10.9. The van der Waals surface area contributed by atoms with Gasteiger partial charge in [0.1, 0.15) is 5.01 Å². The molecule has 0 amide bonds. The molecule has 0 atom stereocenters. The summed E-state index contributed by atoms with van der Waals surface area (Å²) < 4.78 is 0. The maximum atomic E-state index is 4.53. The Labute approximate surface area is 133 Å². The van der Waals surface area contributed by atoms with Crippen molar-refractivity contribution in [3.63, 3.8) is 0 Å². The number of guanidine groups is 1. The van der Waals surface area contributed by atoms with E-state index in [2.05, 4.69) is 44.8 Å². The van der Waals surface area contributed by atoms with E-state index in [1.54, 1.807) is 29.7 Å². The van der Waals surface area contributed by atoms with E-state index in [0.29, 0.717) is 13.1 Å². The minimum Gasteiger partial charge on any atom is -0.351 e. The van der Waals surface area contributed by atoms with Gasteiger partial charge in [0.2, 0.25) is 0 Å². The highest BCUT2D eigenvalue weighted by Crippen LogP contribution is 2.13. The molecule has 0 aliphatic rings. The third-order valence-electron chi connectivity index (χ3n) is 2.92. The fourth-order valence-corrected chi connectivity index (χ4v) is 3.29. The van der Waals surface area contributed by atoms with Crippen LogP contribution in [0.4, 0.5) is 0 Å². The molecule has 5 nitrogen and oxygen atoms in total. The molecular formula is C14H21N5S2. The highest BCUT2D eigenvalue weighted by Gasteiger charge is 2.04. The highest BCUT2D eigenvalue weighted by atomic mass is 32.1. The van der Waals surface area contributed by atoms with Gasteiger partial charge in [-0.25, -0.2) is 9.97 Å². The second kappa shape index (κ2) is 8.09. The van der Waals surface area contributed by atoms with Crippen LogP contribution in [0.5, 0.6) is 0 Å². The Bertz CT molecular complexity index is 539. The van der Waals surface area contributed by atoms with E-state index < -0.39 is 0 Å². The number of thiazole rings is 2. The van der Waals surface area contributed by atoms with Crippen molar-refractivity contribution in [1.29, 1.82) is 0 Å². The van der Waals surface area contributed by atoms with Crippen molar-refractivity contribution in [1.82, 2.24) is 20.6 Å². The monoisotopic (exact) mass is 323 g/mol. The largest absolute Gasteiger partial charge is 0.351 e.